The molecule has 2 aromatic carbocycles. The minimum atomic E-state index is -0.562. The highest BCUT2D eigenvalue weighted by Gasteiger charge is 2.14. The fraction of sp³-hybridized carbons (Fsp3) is 0.211. The summed E-state index contributed by atoms with van der Waals surface area (Å²) in [5.74, 6) is 0.486. The number of hydrogen-bond acceptors (Lipinski definition) is 2. The van der Waals surface area contributed by atoms with Gasteiger partial charge in [-0.05, 0) is 48.7 Å². The maximum Gasteiger partial charge on any atom is 0.260 e. The van der Waals surface area contributed by atoms with E-state index in [-0.39, 0.29) is 5.91 Å². The fourth-order valence-corrected chi connectivity index (χ4v) is 2.68. The van der Waals surface area contributed by atoms with Gasteiger partial charge in [0.15, 0.2) is 6.10 Å². The number of nitrogens with one attached hydrogen (secondary N) is 1. The smallest absolute Gasteiger partial charge is 0.260 e. The summed E-state index contributed by atoms with van der Waals surface area (Å²) in [5, 5.41) is 4.74. The molecule has 124 valence electrons. The molecule has 3 aromatic rings. The van der Waals surface area contributed by atoms with E-state index < -0.39 is 6.10 Å². The molecule has 3 rings (SSSR count). The Morgan fingerprint density at radius 3 is 2.71 bits per heavy atom. The zero-order valence-electron chi connectivity index (χ0n) is 13.4. The number of hydrogen-bond donors (Lipinski definition) is 1. The van der Waals surface area contributed by atoms with Crippen LogP contribution in [0.5, 0.6) is 5.75 Å². The summed E-state index contributed by atoms with van der Waals surface area (Å²) in [4.78, 5) is 12.1. The van der Waals surface area contributed by atoms with Gasteiger partial charge in [0.2, 0.25) is 0 Å². The molecule has 0 fully saturated rings. The van der Waals surface area contributed by atoms with Gasteiger partial charge in [0.1, 0.15) is 5.75 Å². The van der Waals surface area contributed by atoms with E-state index in [0.717, 1.165) is 5.52 Å². The van der Waals surface area contributed by atoms with Gasteiger partial charge in [0.25, 0.3) is 5.91 Å². The predicted molar refractivity (Wildman–Crippen MR) is 96.5 cm³/mol. The van der Waals surface area contributed by atoms with Crippen molar-refractivity contribution in [2.24, 2.45) is 0 Å². The van der Waals surface area contributed by atoms with Crippen molar-refractivity contribution in [2.45, 2.75) is 19.6 Å². The van der Waals surface area contributed by atoms with Gasteiger partial charge in [0.05, 0.1) is 0 Å². The number of nitrogens with zero attached hydrogens (tertiary/aromatic N) is 1. The third kappa shape index (κ3) is 3.89. The van der Waals surface area contributed by atoms with Gasteiger partial charge in [-0.2, -0.15) is 0 Å². The summed E-state index contributed by atoms with van der Waals surface area (Å²) in [7, 11) is 0. The van der Waals surface area contributed by atoms with Crippen LogP contribution >= 0.6 is 11.6 Å². The highest BCUT2D eigenvalue weighted by Crippen LogP contribution is 2.17. The number of amides is 1. The SMILES string of the molecule is CC(Oc1ccc(Cl)cc1)C(=O)NCCn1ccc2ccccc21. The van der Waals surface area contributed by atoms with Gasteiger partial charge in [0, 0.05) is 29.8 Å². The maximum atomic E-state index is 12.1. The Kier molecular flexibility index (Phi) is 5.06. The van der Waals surface area contributed by atoms with Gasteiger partial charge >= 0.3 is 0 Å². The Bertz CT molecular complexity index is 827. The Morgan fingerprint density at radius 1 is 1.17 bits per heavy atom. The standard InChI is InChI=1S/C19H19ClN2O2/c1-14(24-17-8-6-16(20)7-9-17)19(23)21-11-13-22-12-10-15-4-2-3-5-18(15)22/h2-10,12,14H,11,13H2,1H3,(H,21,23). The van der Waals surface area contributed by atoms with Gasteiger partial charge in [-0.25, -0.2) is 0 Å². The topological polar surface area (TPSA) is 43.3 Å². The van der Waals surface area contributed by atoms with Gasteiger partial charge in [-0.1, -0.05) is 29.8 Å². The van der Waals surface area contributed by atoms with Crippen LogP contribution in [0.3, 0.4) is 0 Å². The number of fused-ring (bicyclic) bond motifs is 1. The van der Waals surface area contributed by atoms with Crippen LogP contribution in [-0.2, 0) is 11.3 Å². The van der Waals surface area contributed by atoms with Crippen LogP contribution in [0.15, 0.2) is 60.8 Å². The minimum Gasteiger partial charge on any atom is -0.481 e. The summed E-state index contributed by atoms with van der Waals surface area (Å²) >= 11 is 5.83. The molecule has 0 saturated carbocycles. The zero-order chi connectivity index (χ0) is 16.9. The highest BCUT2D eigenvalue weighted by atomic mass is 35.5. The van der Waals surface area contributed by atoms with Crippen LogP contribution in [0.1, 0.15) is 6.92 Å². The van der Waals surface area contributed by atoms with Crippen molar-refractivity contribution < 1.29 is 9.53 Å². The minimum absolute atomic E-state index is 0.138. The Hall–Kier alpha value is -2.46. The first kappa shape index (κ1) is 16.4. The molecule has 0 radical (unpaired) electrons. The molecule has 4 nitrogen and oxygen atoms in total. The molecule has 0 bridgehead atoms. The van der Waals surface area contributed by atoms with Crippen LogP contribution in [0, 0.1) is 0 Å². The fourth-order valence-electron chi connectivity index (χ4n) is 2.55. The average molecular weight is 343 g/mol. The maximum absolute atomic E-state index is 12.1. The van der Waals surface area contributed by atoms with Crippen molar-refractivity contribution in [3.05, 3.63) is 65.8 Å². The van der Waals surface area contributed by atoms with Crippen LogP contribution in [0.4, 0.5) is 0 Å². The van der Waals surface area contributed by atoms with Gasteiger partial charge in [-0.15, -0.1) is 0 Å². The van der Waals surface area contributed by atoms with Crippen molar-refractivity contribution in [1.29, 1.82) is 0 Å². The molecule has 0 aliphatic heterocycles. The second-order valence-corrected chi connectivity index (χ2v) is 6.01. The lowest BCUT2D eigenvalue weighted by Crippen LogP contribution is -2.37. The Balaban J connectivity index is 1.50. The molecule has 0 spiro atoms. The molecule has 1 aromatic heterocycles. The lowest BCUT2D eigenvalue weighted by atomic mass is 10.2. The summed E-state index contributed by atoms with van der Waals surface area (Å²) < 4.78 is 7.74. The molecular formula is C19H19ClN2O2. The van der Waals surface area contributed by atoms with E-state index in [9.17, 15) is 4.79 Å². The Labute approximate surface area is 146 Å². The molecule has 0 saturated heterocycles. The number of rotatable bonds is 6. The van der Waals surface area contributed by atoms with Crippen LogP contribution in [0.25, 0.3) is 10.9 Å². The quantitative estimate of drug-likeness (QED) is 0.738. The first-order valence-electron chi connectivity index (χ1n) is 7.87. The van der Waals surface area contributed by atoms with E-state index >= 15 is 0 Å². The average Bonchev–Trinajstić information content (AvgIpc) is 3.00. The van der Waals surface area contributed by atoms with Crippen molar-refractivity contribution in [3.8, 4) is 5.75 Å². The van der Waals surface area contributed by atoms with Crippen molar-refractivity contribution in [2.75, 3.05) is 6.54 Å². The second kappa shape index (κ2) is 7.41. The van der Waals surface area contributed by atoms with Gasteiger partial charge in [-0.3, -0.25) is 4.79 Å². The number of carbonyl (C=O) groups is 1. The molecule has 1 unspecified atom stereocenters. The van der Waals surface area contributed by atoms with Crippen LogP contribution in [-0.4, -0.2) is 23.1 Å². The second-order valence-electron chi connectivity index (χ2n) is 5.57. The number of benzene rings is 2. The van der Waals surface area contributed by atoms with Crippen LogP contribution in [0.2, 0.25) is 5.02 Å². The van der Waals surface area contributed by atoms with E-state index in [1.54, 1.807) is 31.2 Å². The summed E-state index contributed by atoms with van der Waals surface area (Å²) in [6.07, 6.45) is 1.47. The first-order chi connectivity index (χ1) is 11.6. The molecule has 1 heterocycles. The molecule has 24 heavy (non-hydrogen) atoms. The third-order valence-electron chi connectivity index (χ3n) is 3.83. The molecule has 1 N–H and O–H groups in total. The molecule has 1 atom stereocenters. The van der Waals surface area contributed by atoms with Crippen molar-refractivity contribution in [1.82, 2.24) is 9.88 Å². The normalized spacial score (nSPS) is 12.1. The number of aromatic nitrogens is 1. The number of carbonyl (C=O) groups excluding carboxylic acids is 1. The number of para-hydroxylation sites is 1. The van der Waals surface area contributed by atoms with E-state index in [1.807, 2.05) is 18.3 Å². The number of ether oxygens (including phenoxy) is 1. The monoisotopic (exact) mass is 342 g/mol. The Morgan fingerprint density at radius 2 is 1.92 bits per heavy atom. The molecular weight excluding hydrogens is 324 g/mol. The summed E-state index contributed by atoms with van der Waals surface area (Å²) in [5.41, 5.74) is 1.16. The molecule has 1 amide bonds. The largest absolute Gasteiger partial charge is 0.481 e. The lowest BCUT2D eigenvalue weighted by molar-refractivity contribution is -0.127. The molecule has 0 aliphatic rings. The lowest BCUT2D eigenvalue weighted by Gasteiger charge is -2.15. The molecule has 5 heteroatoms. The third-order valence-corrected chi connectivity index (χ3v) is 4.08. The summed E-state index contributed by atoms with van der Waals surface area (Å²) in [6.45, 7) is 2.99. The summed E-state index contributed by atoms with van der Waals surface area (Å²) in [6, 6.07) is 17.2. The first-order valence-corrected chi connectivity index (χ1v) is 8.25. The highest BCUT2D eigenvalue weighted by molar-refractivity contribution is 6.30. The molecule has 0 aliphatic carbocycles. The van der Waals surface area contributed by atoms with Gasteiger partial charge < -0.3 is 14.6 Å². The van der Waals surface area contributed by atoms with Crippen molar-refractivity contribution in [3.63, 3.8) is 0 Å². The van der Waals surface area contributed by atoms with E-state index in [0.29, 0.717) is 23.9 Å². The van der Waals surface area contributed by atoms with E-state index in [1.165, 1.54) is 5.39 Å². The van der Waals surface area contributed by atoms with Crippen molar-refractivity contribution >= 4 is 28.4 Å². The van der Waals surface area contributed by atoms with E-state index in [4.69, 9.17) is 16.3 Å². The number of halogens is 1. The predicted octanol–water partition coefficient (Wildman–Crippen LogP) is 3.88. The van der Waals surface area contributed by atoms with E-state index in [2.05, 4.69) is 28.1 Å². The zero-order valence-corrected chi connectivity index (χ0v) is 14.2. The van der Waals surface area contributed by atoms with Crippen LogP contribution < -0.4 is 10.1 Å².